The van der Waals surface area contributed by atoms with E-state index in [1.807, 2.05) is 6.07 Å². The van der Waals surface area contributed by atoms with E-state index in [9.17, 15) is 4.39 Å². The minimum atomic E-state index is -0.479. The smallest absolute Gasteiger partial charge is 0.164 e. The van der Waals surface area contributed by atoms with Crippen molar-refractivity contribution in [3.05, 3.63) is 23.3 Å². The highest BCUT2D eigenvalue weighted by atomic mass is 19.1. The summed E-state index contributed by atoms with van der Waals surface area (Å²) in [5.74, 6) is 1.73. The third kappa shape index (κ3) is 2.58. The van der Waals surface area contributed by atoms with Gasteiger partial charge >= 0.3 is 0 Å². The number of benzene rings is 1. The highest BCUT2D eigenvalue weighted by Gasteiger charge is 2.22. The Bertz CT molecular complexity index is 403. The largest absolute Gasteiger partial charge is 0.493 e. The van der Waals surface area contributed by atoms with Crippen molar-refractivity contribution in [3.63, 3.8) is 0 Å². The Morgan fingerprint density at radius 1 is 1.33 bits per heavy atom. The van der Waals surface area contributed by atoms with Crippen LogP contribution >= 0.6 is 0 Å². The molecule has 100 valence electrons. The molecule has 18 heavy (non-hydrogen) atoms. The van der Waals surface area contributed by atoms with Crippen LogP contribution in [0.4, 0.5) is 4.39 Å². The first-order chi connectivity index (χ1) is 8.80. The van der Waals surface area contributed by atoms with Gasteiger partial charge in [-0.25, -0.2) is 4.39 Å². The number of piperidine rings is 1. The fraction of sp³-hybridized carbons (Fsp3) is 0.571. The highest BCUT2D eigenvalue weighted by molar-refractivity contribution is 5.51. The summed E-state index contributed by atoms with van der Waals surface area (Å²) in [6.07, 6.45) is 2.23. The molecular formula is C14H20FNO2. The summed E-state index contributed by atoms with van der Waals surface area (Å²) in [4.78, 5) is 0. The molecule has 1 aromatic rings. The molecule has 1 aliphatic rings. The second kappa shape index (κ2) is 6.05. The standard InChI is InChI=1S/C14H20FNO2/c1-17-13-7-10(8-15)6-12(14(13)18-2)11-4-3-5-16-9-11/h6-7,11,16H,3-5,8-9H2,1-2H3. The second-order valence-corrected chi connectivity index (χ2v) is 4.60. The van der Waals surface area contributed by atoms with Crippen molar-refractivity contribution < 1.29 is 13.9 Å². The summed E-state index contributed by atoms with van der Waals surface area (Å²) in [6.45, 7) is 1.49. The number of hydrogen-bond donors (Lipinski definition) is 1. The molecule has 1 saturated heterocycles. The average molecular weight is 253 g/mol. The van der Waals surface area contributed by atoms with Crippen molar-refractivity contribution in [2.45, 2.75) is 25.4 Å². The van der Waals surface area contributed by atoms with Crippen molar-refractivity contribution in [3.8, 4) is 11.5 Å². The molecule has 1 heterocycles. The van der Waals surface area contributed by atoms with Gasteiger partial charge in [0.05, 0.1) is 14.2 Å². The number of methoxy groups -OCH3 is 2. The summed E-state index contributed by atoms with van der Waals surface area (Å²) >= 11 is 0. The van der Waals surface area contributed by atoms with Crippen molar-refractivity contribution in [2.24, 2.45) is 0 Å². The monoisotopic (exact) mass is 253 g/mol. The lowest BCUT2D eigenvalue weighted by Gasteiger charge is -2.26. The van der Waals surface area contributed by atoms with Gasteiger partial charge in [-0.2, -0.15) is 0 Å². The van der Waals surface area contributed by atoms with Crippen LogP contribution in [0.5, 0.6) is 11.5 Å². The predicted octanol–water partition coefficient (Wildman–Crippen LogP) is 2.64. The van der Waals surface area contributed by atoms with E-state index in [0.717, 1.165) is 37.2 Å². The second-order valence-electron chi connectivity index (χ2n) is 4.60. The third-order valence-corrected chi connectivity index (χ3v) is 3.46. The van der Waals surface area contributed by atoms with Crippen molar-refractivity contribution in [1.29, 1.82) is 0 Å². The van der Waals surface area contributed by atoms with Crippen LogP contribution in [-0.2, 0) is 6.67 Å². The number of ether oxygens (including phenoxy) is 2. The number of nitrogens with one attached hydrogen (secondary N) is 1. The van der Waals surface area contributed by atoms with Gasteiger partial charge in [0.15, 0.2) is 11.5 Å². The summed E-state index contributed by atoms with van der Waals surface area (Å²) in [5, 5.41) is 3.37. The first-order valence-electron chi connectivity index (χ1n) is 6.31. The van der Waals surface area contributed by atoms with Gasteiger partial charge in [-0.05, 0) is 37.1 Å². The van der Waals surface area contributed by atoms with E-state index in [-0.39, 0.29) is 0 Å². The van der Waals surface area contributed by atoms with Gasteiger partial charge in [0.25, 0.3) is 0 Å². The van der Waals surface area contributed by atoms with Crippen molar-refractivity contribution in [2.75, 3.05) is 27.3 Å². The zero-order valence-electron chi connectivity index (χ0n) is 11.0. The van der Waals surface area contributed by atoms with Gasteiger partial charge in [0.1, 0.15) is 6.67 Å². The van der Waals surface area contributed by atoms with Crippen LogP contribution in [-0.4, -0.2) is 27.3 Å². The van der Waals surface area contributed by atoms with Gasteiger partial charge in [-0.3, -0.25) is 0 Å². The van der Waals surface area contributed by atoms with Gasteiger partial charge < -0.3 is 14.8 Å². The zero-order valence-corrected chi connectivity index (χ0v) is 11.0. The van der Waals surface area contributed by atoms with Crippen LogP contribution in [0.2, 0.25) is 0 Å². The van der Waals surface area contributed by atoms with Gasteiger partial charge in [-0.15, -0.1) is 0 Å². The van der Waals surface area contributed by atoms with E-state index < -0.39 is 6.67 Å². The molecule has 1 aliphatic heterocycles. The first-order valence-corrected chi connectivity index (χ1v) is 6.31. The minimum Gasteiger partial charge on any atom is -0.493 e. The molecule has 0 aromatic heterocycles. The predicted molar refractivity (Wildman–Crippen MR) is 69.2 cm³/mol. The van der Waals surface area contributed by atoms with Crippen LogP contribution in [0.3, 0.4) is 0 Å². The molecule has 1 unspecified atom stereocenters. The number of halogens is 1. The molecule has 1 atom stereocenters. The Kier molecular flexibility index (Phi) is 4.42. The Hall–Kier alpha value is -1.29. The maximum Gasteiger partial charge on any atom is 0.164 e. The molecule has 0 amide bonds. The molecule has 1 fully saturated rings. The van der Waals surface area contributed by atoms with E-state index in [1.165, 1.54) is 0 Å². The Labute approximate surface area is 107 Å². The molecule has 1 N–H and O–H groups in total. The molecule has 0 bridgehead atoms. The fourth-order valence-corrected chi connectivity index (χ4v) is 2.55. The van der Waals surface area contributed by atoms with Gasteiger partial charge in [0, 0.05) is 18.0 Å². The van der Waals surface area contributed by atoms with Crippen LogP contribution < -0.4 is 14.8 Å². The van der Waals surface area contributed by atoms with E-state index in [1.54, 1.807) is 20.3 Å². The normalized spacial score (nSPS) is 19.6. The molecule has 3 nitrogen and oxygen atoms in total. The Morgan fingerprint density at radius 2 is 2.17 bits per heavy atom. The molecule has 0 radical (unpaired) electrons. The quantitative estimate of drug-likeness (QED) is 0.894. The molecule has 0 aliphatic carbocycles. The highest BCUT2D eigenvalue weighted by Crippen LogP contribution is 2.39. The average Bonchev–Trinajstić information content (AvgIpc) is 2.46. The lowest BCUT2D eigenvalue weighted by molar-refractivity contribution is 0.343. The first kappa shape index (κ1) is 13.1. The van der Waals surface area contributed by atoms with Crippen molar-refractivity contribution >= 4 is 0 Å². The van der Waals surface area contributed by atoms with E-state index in [2.05, 4.69) is 5.32 Å². The topological polar surface area (TPSA) is 30.5 Å². The molecule has 2 rings (SSSR count). The summed E-state index contributed by atoms with van der Waals surface area (Å²) in [6, 6.07) is 3.61. The van der Waals surface area contributed by atoms with Crippen LogP contribution in [0, 0.1) is 0 Å². The Balaban J connectivity index is 2.41. The number of alkyl halides is 1. The summed E-state index contributed by atoms with van der Waals surface area (Å²) in [5.41, 5.74) is 1.70. The lowest BCUT2D eigenvalue weighted by Crippen LogP contribution is -2.28. The molecule has 0 spiro atoms. The summed E-state index contributed by atoms with van der Waals surface area (Å²) < 4.78 is 23.7. The SMILES string of the molecule is COc1cc(CF)cc(C2CCCNC2)c1OC. The molecule has 0 saturated carbocycles. The van der Waals surface area contributed by atoms with E-state index >= 15 is 0 Å². The molecular weight excluding hydrogens is 233 g/mol. The maximum atomic E-state index is 12.9. The fourth-order valence-electron chi connectivity index (χ4n) is 2.55. The Morgan fingerprint density at radius 3 is 2.72 bits per heavy atom. The molecule has 4 heteroatoms. The van der Waals surface area contributed by atoms with Gasteiger partial charge in [0.2, 0.25) is 0 Å². The van der Waals surface area contributed by atoms with Crippen LogP contribution in [0.25, 0.3) is 0 Å². The minimum absolute atomic E-state index is 0.370. The number of hydrogen-bond acceptors (Lipinski definition) is 3. The van der Waals surface area contributed by atoms with Crippen LogP contribution in [0.15, 0.2) is 12.1 Å². The number of rotatable bonds is 4. The molecule has 1 aromatic carbocycles. The van der Waals surface area contributed by atoms with Gasteiger partial charge in [-0.1, -0.05) is 0 Å². The maximum absolute atomic E-state index is 12.9. The third-order valence-electron chi connectivity index (χ3n) is 3.46. The van der Waals surface area contributed by atoms with Crippen molar-refractivity contribution in [1.82, 2.24) is 5.32 Å². The van der Waals surface area contributed by atoms with Crippen LogP contribution in [0.1, 0.15) is 29.9 Å². The lowest BCUT2D eigenvalue weighted by atomic mass is 9.89. The van der Waals surface area contributed by atoms with E-state index in [4.69, 9.17) is 9.47 Å². The summed E-state index contributed by atoms with van der Waals surface area (Å²) in [7, 11) is 3.22. The van der Waals surface area contributed by atoms with E-state index in [0.29, 0.717) is 17.2 Å². The zero-order chi connectivity index (χ0) is 13.0.